The van der Waals surface area contributed by atoms with Crippen LogP contribution < -0.4 is 10.6 Å². The van der Waals surface area contributed by atoms with Gasteiger partial charge in [-0.1, -0.05) is 125 Å². The number of unbranched alkanes of at least 4 members (excludes halogenated alkanes) is 5. The molecule has 0 fully saturated rings. The van der Waals surface area contributed by atoms with Gasteiger partial charge in [-0.25, -0.2) is 0 Å². The zero-order chi connectivity index (χ0) is 27.8. The summed E-state index contributed by atoms with van der Waals surface area (Å²) in [6.45, 7) is 4.72. The summed E-state index contributed by atoms with van der Waals surface area (Å²) in [4.78, 5) is 0. The van der Waals surface area contributed by atoms with Gasteiger partial charge in [0.15, 0.2) is 0 Å². The highest BCUT2D eigenvalue weighted by Crippen LogP contribution is 2.21. The molecule has 2 heteroatoms. The van der Waals surface area contributed by atoms with E-state index in [1.165, 1.54) is 80.2 Å². The maximum absolute atomic E-state index is 3.69. The fourth-order valence-corrected chi connectivity index (χ4v) is 5.47. The fraction of sp³-hybridized carbons (Fsp3) is 0.368. The van der Waals surface area contributed by atoms with Gasteiger partial charge in [0.05, 0.1) is 0 Å². The van der Waals surface area contributed by atoms with E-state index in [-0.39, 0.29) is 0 Å². The van der Waals surface area contributed by atoms with Crippen LogP contribution in [0.15, 0.2) is 109 Å². The second-order valence-corrected chi connectivity index (χ2v) is 11.6. The molecule has 0 radical (unpaired) electrons. The van der Waals surface area contributed by atoms with Crippen LogP contribution in [0.25, 0.3) is 0 Å². The highest BCUT2D eigenvalue weighted by Gasteiger charge is 2.06. The minimum Gasteiger partial charge on any atom is -0.383 e. The van der Waals surface area contributed by atoms with Gasteiger partial charge in [-0.3, -0.25) is 0 Å². The molecule has 0 saturated heterocycles. The third-order valence-corrected chi connectivity index (χ3v) is 7.80. The summed E-state index contributed by atoms with van der Waals surface area (Å²) < 4.78 is 0. The summed E-state index contributed by atoms with van der Waals surface area (Å²) in [5.74, 6) is 0.743. The van der Waals surface area contributed by atoms with Crippen molar-refractivity contribution in [3.8, 4) is 0 Å². The first-order valence-electron chi connectivity index (χ1n) is 15.4. The van der Waals surface area contributed by atoms with Crippen molar-refractivity contribution in [2.24, 2.45) is 5.92 Å². The van der Waals surface area contributed by atoms with Gasteiger partial charge in [-0.15, -0.1) is 0 Å². The van der Waals surface area contributed by atoms with Crippen molar-refractivity contribution in [3.05, 3.63) is 126 Å². The first-order chi connectivity index (χ1) is 19.6. The van der Waals surface area contributed by atoms with Crippen LogP contribution in [-0.4, -0.2) is 6.04 Å². The van der Waals surface area contributed by atoms with Crippen molar-refractivity contribution >= 4 is 17.1 Å². The van der Waals surface area contributed by atoms with Gasteiger partial charge in [0.2, 0.25) is 0 Å². The average molecular weight is 533 g/mol. The zero-order valence-corrected chi connectivity index (χ0v) is 24.6. The molecule has 0 heterocycles. The smallest absolute Gasteiger partial charge is 0.0384 e. The molecular formula is C38H48N2. The Labute approximate surface area is 243 Å². The molecule has 0 aliphatic carbocycles. The normalized spacial score (nSPS) is 12.6. The molecule has 0 aromatic heterocycles. The first kappa shape index (κ1) is 29.5. The number of anilines is 3. The van der Waals surface area contributed by atoms with Crippen LogP contribution in [0.2, 0.25) is 0 Å². The van der Waals surface area contributed by atoms with E-state index in [0.29, 0.717) is 6.04 Å². The SMILES string of the molecule is CC(CCCCCCCCC(C)Nc1ccc(Cc2ccccc2)cc1)Cc1ccc(Nc2ccccc2)cc1. The average Bonchev–Trinajstić information content (AvgIpc) is 2.97. The molecule has 4 aromatic carbocycles. The molecular weight excluding hydrogens is 484 g/mol. The molecule has 4 rings (SSSR count). The van der Waals surface area contributed by atoms with E-state index in [2.05, 4.69) is 128 Å². The van der Waals surface area contributed by atoms with Gasteiger partial charge in [0.25, 0.3) is 0 Å². The summed E-state index contributed by atoms with van der Waals surface area (Å²) in [5, 5.41) is 7.16. The molecule has 2 nitrogen and oxygen atoms in total. The molecule has 4 aromatic rings. The quantitative estimate of drug-likeness (QED) is 0.132. The van der Waals surface area contributed by atoms with E-state index < -0.39 is 0 Å². The van der Waals surface area contributed by atoms with E-state index in [9.17, 15) is 0 Å². The van der Waals surface area contributed by atoms with Crippen LogP contribution in [0.1, 0.15) is 81.9 Å². The molecule has 0 spiro atoms. The lowest BCUT2D eigenvalue weighted by Crippen LogP contribution is -2.14. The van der Waals surface area contributed by atoms with E-state index >= 15 is 0 Å². The Balaban J connectivity index is 1.01. The van der Waals surface area contributed by atoms with Crippen molar-refractivity contribution in [1.29, 1.82) is 0 Å². The van der Waals surface area contributed by atoms with Crippen molar-refractivity contribution in [3.63, 3.8) is 0 Å². The predicted octanol–water partition coefficient (Wildman–Crippen LogP) is 10.8. The summed E-state index contributed by atoms with van der Waals surface area (Å²) in [6.07, 6.45) is 12.9. The predicted molar refractivity (Wildman–Crippen MR) is 175 cm³/mol. The van der Waals surface area contributed by atoms with E-state index in [1.807, 2.05) is 6.07 Å². The van der Waals surface area contributed by atoms with Gasteiger partial charge in [-0.05, 0) is 85.2 Å². The topological polar surface area (TPSA) is 24.1 Å². The van der Waals surface area contributed by atoms with E-state index in [0.717, 1.165) is 23.7 Å². The van der Waals surface area contributed by atoms with Gasteiger partial charge in [0, 0.05) is 23.1 Å². The number of nitrogens with one attached hydrogen (secondary N) is 2. The minimum atomic E-state index is 0.518. The number of benzene rings is 4. The van der Waals surface area contributed by atoms with Gasteiger partial charge in [-0.2, -0.15) is 0 Å². The van der Waals surface area contributed by atoms with Crippen LogP contribution in [0.5, 0.6) is 0 Å². The summed E-state index contributed by atoms with van der Waals surface area (Å²) >= 11 is 0. The highest BCUT2D eigenvalue weighted by molar-refractivity contribution is 5.59. The third-order valence-electron chi connectivity index (χ3n) is 7.80. The molecule has 210 valence electrons. The molecule has 0 amide bonds. The standard InChI is InChI=1S/C38H48N2/c1-31(29-34-21-27-38(28-22-34)40-36-19-13-8-14-20-36)15-9-5-3-4-6-10-16-32(2)39-37-25-23-35(24-26-37)30-33-17-11-7-12-18-33/h7-8,11-14,17-28,31-32,39-40H,3-6,9-10,15-16,29-30H2,1-2H3. The Morgan fingerprint density at radius 3 is 1.65 bits per heavy atom. The lowest BCUT2D eigenvalue weighted by molar-refractivity contribution is 0.477. The van der Waals surface area contributed by atoms with Gasteiger partial charge in [0.1, 0.15) is 0 Å². The molecule has 0 saturated carbocycles. The van der Waals surface area contributed by atoms with Crippen LogP contribution in [0.3, 0.4) is 0 Å². The van der Waals surface area contributed by atoms with Crippen LogP contribution in [0.4, 0.5) is 17.1 Å². The number of hydrogen-bond acceptors (Lipinski definition) is 2. The van der Waals surface area contributed by atoms with Crippen molar-refractivity contribution < 1.29 is 0 Å². The Kier molecular flexibility index (Phi) is 12.2. The Morgan fingerprint density at radius 2 is 0.975 bits per heavy atom. The number of para-hydroxylation sites is 1. The van der Waals surface area contributed by atoms with Crippen molar-refractivity contribution in [1.82, 2.24) is 0 Å². The first-order valence-corrected chi connectivity index (χ1v) is 15.4. The van der Waals surface area contributed by atoms with Crippen molar-refractivity contribution in [2.45, 2.75) is 84.1 Å². The second kappa shape index (κ2) is 16.6. The largest absolute Gasteiger partial charge is 0.383 e. The molecule has 0 aliphatic heterocycles. The summed E-state index contributed by atoms with van der Waals surface area (Å²) in [6, 6.07) is 39.5. The number of rotatable bonds is 17. The Bertz CT molecular complexity index is 1100. The second-order valence-electron chi connectivity index (χ2n) is 11.6. The monoisotopic (exact) mass is 532 g/mol. The van der Waals surface area contributed by atoms with Crippen LogP contribution in [0, 0.1) is 5.92 Å². The minimum absolute atomic E-state index is 0.518. The zero-order valence-electron chi connectivity index (χ0n) is 24.6. The Morgan fingerprint density at radius 1 is 0.475 bits per heavy atom. The molecule has 40 heavy (non-hydrogen) atoms. The lowest BCUT2D eigenvalue weighted by Gasteiger charge is -2.16. The fourth-order valence-electron chi connectivity index (χ4n) is 5.47. The van der Waals surface area contributed by atoms with E-state index in [4.69, 9.17) is 0 Å². The van der Waals surface area contributed by atoms with Crippen molar-refractivity contribution in [2.75, 3.05) is 10.6 Å². The highest BCUT2D eigenvalue weighted by atomic mass is 14.9. The molecule has 0 bridgehead atoms. The maximum Gasteiger partial charge on any atom is 0.0384 e. The molecule has 0 aliphatic rings. The van der Waals surface area contributed by atoms with Crippen LogP contribution in [-0.2, 0) is 12.8 Å². The maximum atomic E-state index is 3.69. The van der Waals surface area contributed by atoms with Gasteiger partial charge < -0.3 is 10.6 Å². The van der Waals surface area contributed by atoms with E-state index in [1.54, 1.807) is 0 Å². The third kappa shape index (κ3) is 10.9. The molecule has 2 N–H and O–H groups in total. The van der Waals surface area contributed by atoms with Crippen LogP contribution >= 0.6 is 0 Å². The van der Waals surface area contributed by atoms with Gasteiger partial charge >= 0.3 is 0 Å². The lowest BCUT2D eigenvalue weighted by atomic mass is 9.95. The molecule has 2 unspecified atom stereocenters. The summed E-state index contributed by atoms with van der Waals surface area (Å²) in [5.41, 5.74) is 7.70. The number of hydrogen-bond donors (Lipinski definition) is 2. The Hall–Kier alpha value is -3.52. The molecule has 2 atom stereocenters. The summed E-state index contributed by atoms with van der Waals surface area (Å²) in [7, 11) is 0.